The number of rotatable bonds is 5. The van der Waals surface area contributed by atoms with Crippen molar-refractivity contribution in [3.63, 3.8) is 0 Å². The summed E-state index contributed by atoms with van der Waals surface area (Å²) in [5, 5.41) is 11.3. The largest absolute Gasteiger partial charge is 0.490 e. The van der Waals surface area contributed by atoms with Crippen LogP contribution in [0.1, 0.15) is 31.2 Å². The molecule has 1 aromatic heterocycles. The van der Waals surface area contributed by atoms with E-state index in [0.717, 1.165) is 45.3 Å². The van der Waals surface area contributed by atoms with Gasteiger partial charge in [-0.05, 0) is 25.7 Å². The van der Waals surface area contributed by atoms with Crippen LogP contribution in [0.25, 0.3) is 0 Å². The number of carbonyl (C=O) groups is 1. The summed E-state index contributed by atoms with van der Waals surface area (Å²) >= 11 is 0. The monoisotopic (exact) mass is 470 g/mol. The lowest BCUT2D eigenvalue weighted by Crippen LogP contribution is -2.56. The van der Waals surface area contributed by atoms with Crippen molar-refractivity contribution in [3.05, 3.63) is 18.0 Å². The second-order valence-corrected chi connectivity index (χ2v) is 9.89. The van der Waals surface area contributed by atoms with E-state index in [9.17, 15) is 21.6 Å². The summed E-state index contributed by atoms with van der Waals surface area (Å²) < 4.78 is 65.4. The first-order valence-corrected chi connectivity index (χ1v) is 11.6. The molecule has 1 unspecified atom stereocenters. The van der Waals surface area contributed by atoms with Crippen LogP contribution in [-0.4, -0.2) is 89.3 Å². The van der Waals surface area contributed by atoms with Crippen LogP contribution in [0.15, 0.2) is 12.4 Å². The number of hydrogen-bond acceptors (Lipinski definition) is 6. The molecular weight excluding hydrogens is 441 g/mol. The fourth-order valence-electron chi connectivity index (χ4n) is 4.43. The normalized spacial score (nSPS) is 22.3. The third-order valence-corrected chi connectivity index (χ3v) is 7.05. The number of halogens is 3. The number of aryl methyl sites for hydroxylation is 1. The van der Waals surface area contributed by atoms with Crippen LogP contribution in [0.3, 0.4) is 0 Å². The number of carboxylic acids is 1. The van der Waals surface area contributed by atoms with Gasteiger partial charge in [-0.1, -0.05) is 0 Å². The number of nitrogens with zero attached hydrogens (tertiary/aromatic N) is 4. The summed E-state index contributed by atoms with van der Waals surface area (Å²) in [5.41, 5.74) is 0.986. The van der Waals surface area contributed by atoms with E-state index in [1.165, 1.54) is 11.8 Å². The van der Waals surface area contributed by atoms with E-state index < -0.39 is 22.2 Å². The van der Waals surface area contributed by atoms with Gasteiger partial charge in [0.1, 0.15) is 0 Å². The number of hydrogen-bond donors (Lipinski definition) is 1. The maximum atomic E-state index is 12.4. The molecule has 2 aliphatic heterocycles. The fraction of sp³-hybridized carbons (Fsp3) is 0.778. The Morgan fingerprint density at radius 1 is 1.32 bits per heavy atom. The van der Waals surface area contributed by atoms with E-state index in [2.05, 4.69) is 10.00 Å². The lowest BCUT2D eigenvalue weighted by Gasteiger charge is -2.45. The predicted octanol–water partition coefficient (Wildman–Crippen LogP) is 1.46. The molecule has 13 heteroatoms. The highest BCUT2D eigenvalue weighted by Crippen LogP contribution is 2.43. The molecule has 0 radical (unpaired) electrons. The van der Waals surface area contributed by atoms with Gasteiger partial charge in [0.25, 0.3) is 0 Å². The maximum absolute atomic E-state index is 12.4. The molecule has 3 rings (SSSR count). The summed E-state index contributed by atoms with van der Waals surface area (Å²) in [6.45, 7) is 3.19. The van der Waals surface area contributed by atoms with Crippen molar-refractivity contribution in [3.8, 4) is 0 Å². The molecule has 0 aromatic carbocycles. The molecule has 1 aromatic rings. The highest BCUT2D eigenvalue weighted by Gasteiger charge is 2.51. The molecule has 3 heterocycles. The summed E-state index contributed by atoms with van der Waals surface area (Å²) in [5.74, 6) is -2.76. The zero-order chi connectivity index (χ0) is 23.4. The summed E-state index contributed by atoms with van der Waals surface area (Å²) in [6, 6.07) is -0.0186. The number of sulfonamides is 1. The van der Waals surface area contributed by atoms with Crippen molar-refractivity contribution >= 4 is 16.0 Å². The number of aromatic nitrogens is 2. The number of alkyl halides is 3. The number of aliphatic carboxylic acids is 1. The Hall–Kier alpha value is -1.70. The molecular formula is C18H29F3N4O5S. The Labute approximate surface area is 179 Å². The van der Waals surface area contributed by atoms with Crippen LogP contribution in [-0.2, 0) is 33.1 Å². The van der Waals surface area contributed by atoms with E-state index in [0.29, 0.717) is 6.61 Å². The van der Waals surface area contributed by atoms with Gasteiger partial charge in [0, 0.05) is 57.1 Å². The van der Waals surface area contributed by atoms with Crippen molar-refractivity contribution in [1.82, 2.24) is 19.0 Å². The topological polar surface area (TPSA) is 105 Å². The SMILES string of the molecule is COCC1CCC2(CCN(Cc3cnn(C)c3)CC2)N1S(C)(=O)=O.O=C(O)C(F)(F)F. The lowest BCUT2D eigenvalue weighted by molar-refractivity contribution is -0.192. The van der Waals surface area contributed by atoms with Gasteiger partial charge >= 0.3 is 12.1 Å². The number of likely N-dealkylation sites (tertiary alicyclic amines) is 1. The van der Waals surface area contributed by atoms with E-state index in [1.54, 1.807) is 11.4 Å². The van der Waals surface area contributed by atoms with Gasteiger partial charge in [-0.3, -0.25) is 9.58 Å². The lowest BCUT2D eigenvalue weighted by atomic mass is 9.86. The molecule has 2 saturated heterocycles. The Morgan fingerprint density at radius 2 is 1.90 bits per heavy atom. The average molecular weight is 471 g/mol. The smallest absolute Gasteiger partial charge is 0.475 e. The zero-order valence-corrected chi connectivity index (χ0v) is 18.6. The summed E-state index contributed by atoms with van der Waals surface area (Å²) in [6.07, 6.45) is 3.80. The number of carboxylic acid groups (broad SMARTS) is 1. The van der Waals surface area contributed by atoms with Gasteiger partial charge < -0.3 is 9.84 Å². The Morgan fingerprint density at radius 3 is 2.32 bits per heavy atom. The minimum atomic E-state index is -5.08. The highest BCUT2D eigenvalue weighted by molar-refractivity contribution is 7.88. The predicted molar refractivity (Wildman–Crippen MR) is 106 cm³/mol. The third kappa shape index (κ3) is 6.64. The Balaban J connectivity index is 0.000000423. The second-order valence-electron chi connectivity index (χ2n) is 8.03. The number of ether oxygens (including phenoxy) is 1. The molecule has 9 nitrogen and oxygen atoms in total. The fourth-order valence-corrected chi connectivity index (χ4v) is 6.11. The van der Waals surface area contributed by atoms with Crippen molar-refractivity contribution in [2.24, 2.45) is 7.05 Å². The first kappa shape index (κ1) is 25.6. The first-order chi connectivity index (χ1) is 14.3. The third-order valence-electron chi connectivity index (χ3n) is 5.65. The molecule has 0 saturated carbocycles. The molecule has 0 amide bonds. The molecule has 0 bridgehead atoms. The Bertz CT molecular complexity index is 851. The summed E-state index contributed by atoms with van der Waals surface area (Å²) in [7, 11) is 0.331. The van der Waals surface area contributed by atoms with Crippen LogP contribution in [0.5, 0.6) is 0 Å². The van der Waals surface area contributed by atoms with Gasteiger partial charge in [-0.2, -0.15) is 22.6 Å². The van der Waals surface area contributed by atoms with Crippen LogP contribution in [0.2, 0.25) is 0 Å². The molecule has 31 heavy (non-hydrogen) atoms. The van der Waals surface area contributed by atoms with Crippen LogP contribution in [0, 0.1) is 0 Å². The second kappa shape index (κ2) is 9.84. The van der Waals surface area contributed by atoms with Crippen molar-refractivity contribution in [2.45, 2.75) is 50.0 Å². The van der Waals surface area contributed by atoms with Crippen LogP contribution < -0.4 is 0 Å². The standard InChI is InChI=1S/C16H28N4O3S.C2HF3O2/c1-18-11-14(10-17-18)12-19-8-6-16(7-9-19)5-4-15(13-23-2)20(16)24(3,21)22;3-2(4,5)1(6)7/h10-11,15H,4-9,12-13H2,1-3H3;(H,6,7). The summed E-state index contributed by atoms with van der Waals surface area (Å²) in [4.78, 5) is 11.3. The van der Waals surface area contributed by atoms with Crippen molar-refractivity contribution < 1.29 is 36.2 Å². The molecule has 2 aliphatic rings. The van der Waals surface area contributed by atoms with Gasteiger partial charge in [0.15, 0.2) is 0 Å². The molecule has 1 N–H and O–H groups in total. The average Bonchev–Trinajstić information content (AvgIpc) is 3.21. The number of methoxy groups -OCH3 is 1. The van der Waals surface area contributed by atoms with Gasteiger partial charge in [-0.25, -0.2) is 13.2 Å². The van der Waals surface area contributed by atoms with Gasteiger partial charge in [0.2, 0.25) is 10.0 Å². The van der Waals surface area contributed by atoms with E-state index in [4.69, 9.17) is 14.6 Å². The minimum Gasteiger partial charge on any atom is -0.475 e. The maximum Gasteiger partial charge on any atom is 0.490 e. The minimum absolute atomic E-state index is 0.0186. The zero-order valence-electron chi connectivity index (χ0n) is 17.8. The van der Waals surface area contributed by atoms with E-state index >= 15 is 0 Å². The molecule has 2 fully saturated rings. The van der Waals surface area contributed by atoms with Crippen molar-refractivity contribution in [1.29, 1.82) is 0 Å². The van der Waals surface area contributed by atoms with E-state index in [-0.39, 0.29) is 11.6 Å². The quantitative estimate of drug-likeness (QED) is 0.695. The van der Waals surface area contributed by atoms with Crippen molar-refractivity contribution in [2.75, 3.05) is 33.1 Å². The van der Waals surface area contributed by atoms with Gasteiger partial charge in [-0.15, -0.1) is 0 Å². The van der Waals surface area contributed by atoms with Crippen LogP contribution in [0.4, 0.5) is 13.2 Å². The molecule has 178 valence electrons. The Kier molecular flexibility index (Phi) is 8.11. The molecule has 1 spiro atoms. The molecule has 0 aliphatic carbocycles. The molecule has 1 atom stereocenters. The highest BCUT2D eigenvalue weighted by atomic mass is 32.2. The first-order valence-electron chi connectivity index (χ1n) is 9.77. The van der Waals surface area contributed by atoms with E-state index in [1.807, 2.05) is 24.1 Å². The van der Waals surface area contributed by atoms with Crippen LogP contribution >= 0.6 is 0 Å². The number of piperidine rings is 1. The van der Waals surface area contributed by atoms with Gasteiger partial charge in [0.05, 0.1) is 19.1 Å².